The van der Waals surface area contributed by atoms with Gasteiger partial charge in [-0.25, -0.2) is 4.98 Å². The summed E-state index contributed by atoms with van der Waals surface area (Å²) in [5.74, 6) is 0.862. The van der Waals surface area contributed by atoms with Gasteiger partial charge in [-0.1, -0.05) is 22.6 Å². The molecular weight excluding hydrogens is 369 g/mol. The molecule has 1 amide bonds. The van der Waals surface area contributed by atoms with Gasteiger partial charge in [0.15, 0.2) is 0 Å². The van der Waals surface area contributed by atoms with Gasteiger partial charge in [0.05, 0.1) is 18.9 Å². The van der Waals surface area contributed by atoms with Gasteiger partial charge in [0.2, 0.25) is 0 Å². The normalized spacial score (nSPS) is 25.3. The van der Waals surface area contributed by atoms with Gasteiger partial charge in [-0.2, -0.15) is 0 Å². The van der Waals surface area contributed by atoms with Crippen molar-refractivity contribution in [3.05, 3.63) is 17.7 Å². The fourth-order valence-corrected chi connectivity index (χ4v) is 3.79. The fraction of sp³-hybridized carbons (Fsp3) is 0.714. The molecule has 2 aliphatic rings. The molecule has 1 atom stereocenters. The molecule has 20 heavy (non-hydrogen) atoms. The molecule has 1 aromatic heterocycles. The van der Waals surface area contributed by atoms with Crippen LogP contribution in [-0.4, -0.2) is 51.0 Å². The summed E-state index contributed by atoms with van der Waals surface area (Å²) in [6.45, 7) is 4.39. The van der Waals surface area contributed by atoms with Crippen LogP contribution in [-0.2, 0) is 4.74 Å². The first kappa shape index (κ1) is 14.3. The highest BCUT2D eigenvalue weighted by Gasteiger charge is 2.42. The number of rotatable bonds is 2. The van der Waals surface area contributed by atoms with E-state index >= 15 is 0 Å². The number of imidazole rings is 1. The largest absolute Gasteiger partial charge is 0.377 e. The number of aromatic nitrogens is 2. The highest BCUT2D eigenvalue weighted by molar-refractivity contribution is 14.1. The molecule has 1 aromatic rings. The minimum atomic E-state index is 0.0739. The summed E-state index contributed by atoms with van der Waals surface area (Å²) >= 11 is 2.39. The lowest BCUT2D eigenvalue weighted by molar-refractivity contribution is 0.0506. The van der Waals surface area contributed by atoms with Crippen LogP contribution < -0.4 is 0 Å². The third-order valence-electron chi connectivity index (χ3n) is 4.50. The van der Waals surface area contributed by atoms with Crippen LogP contribution in [0.2, 0.25) is 0 Å². The van der Waals surface area contributed by atoms with Crippen molar-refractivity contribution in [2.75, 3.05) is 24.1 Å². The molecule has 2 fully saturated rings. The summed E-state index contributed by atoms with van der Waals surface area (Å²) < 4.78 is 6.92. The number of H-pyrrole nitrogens is 1. The van der Waals surface area contributed by atoms with E-state index in [2.05, 4.69) is 32.6 Å². The number of hydrogen-bond donors (Lipinski definition) is 1. The van der Waals surface area contributed by atoms with E-state index in [-0.39, 0.29) is 5.91 Å². The lowest BCUT2D eigenvalue weighted by atomic mass is 9.77. The van der Waals surface area contributed by atoms with E-state index in [9.17, 15) is 4.79 Å². The predicted molar refractivity (Wildman–Crippen MR) is 84.1 cm³/mol. The van der Waals surface area contributed by atoms with E-state index in [1.54, 1.807) is 6.20 Å². The number of halogens is 1. The van der Waals surface area contributed by atoms with E-state index in [1.807, 2.05) is 11.8 Å². The van der Waals surface area contributed by atoms with Crippen LogP contribution in [0, 0.1) is 12.3 Å². The average molecular weight is 389 g/mol. The number of aryl methyl sites for hydroxylation is 1. The Morgan fingerprint density at radius 3 is 2.90 bits per heavy atom. The Hall–Kier alpha value is -0.630. The second-order valence-corrected chi connectivity index (χ2v) is 6.85. The Morgan fingerprint density at radius 1 is 1.60 bits per heavy atom. The van der Waals surface area contributed by atoms with E-state index in [0.29, 0.717) is 17.2 Å². The van der Waals surface area contributed by atoms with Crippen LogP contribution in [0.1, 0.15) is 35.6 Å². The number of alkyl halides is 1. The van der Waals surface area contributed by atoms with Crippen molar-refractivity contribution in [1.29, 1.82) is 0 Å². The quantitative estimate of drug-likeness (QED) is 0.623. The molecule has 1 N–H and O–H groups in total. The molecule has 2 saturated heterocycles. The van der Waals surface area contributed by atoms with Gasteiger partial charge in [-0.15, -0.1) is 0 Å². The first-order valence-electron chi connectivity index (χ1n) is 7.10. The summed E-state index contributed by atoms with van der Waals surface area (Å²) in [6.07, 6.45) is 5.31. The molecule has 0 saturated carbocycles. The summed E-state index contributed by atoms with van der Waals surface area (Å²) in [6, 6.07) is 0. The van der Waals surface area contributed by atoms with Crippen LogP contribution in [0.3, 0.4) is 0 Å². The second kappa shape index (κ2) is 5.63. The number of hydrogen-bond acceptors (Lipinski definition) is 3. The summed E-state index contributed by atoms with van der Waals surface area (Å²) in [5, 5.41) is 0. The number of nitrogens with one attached hydrogen (secondary N) is 1. The molecule has 3 heterocycles. The van der Waals surface area contributed by atoms with Gasteiger partial charge in [0.25, 0.3) is 5.91 Å². The number of aromatic amines is 1. The molecule has 2 aliphatic heterocycles. The van der Waals surface area contributed by atoms with Crippen molar-refractivity contribution < 1.29 is 9.53 Å². The standard InChI is InChI=1S/C14H20IN3O2/c1-10-16-8-12(17-10)13(19)18-4-2-14(3-5-18)6-11(7-15)20-9-14/h8,11H,2-7,9H2,1H3,(H,16,17). The van der Waals surface area contributed by atoms with Gasteiger partial charge in [-0.3, -0.25) is 4.79 Å². The fourth-order valence-electron chi connectivity index (χ4n) is 3.23. The van der Waals surface area contributed by atoms with E-state index in [4.69, 9.17) is 4.74 Å². The van der Waals surface area contributed by atoms with Crippen molar-refractivity contribution in [2.24, 2.45) is 5.41 Å². The molecule has 1 unspecified atom stereocenters. The molecule has 5 nitrogen and oxygen atoms in total. The van der Waals surface area contributed by atoms with E-state index in [0.717, 1.165) is 49.2 Å². The maximum Gasteiger partial charge on any atom is 0.271 e. The number of amides is 1. The predicted octanol–water partition coefficient (Wildman–Crippen LogP) is 2.16. The maximum absolute atomic E-state index is 12.4. The number of ether oxygens (including phenoxy) is 1. The van der Waals surface area contributed by atoms with Gasteiger partial charge in [-0.05, 0) is 31.6 Å². The summed E-state index contributed by atoms with van der Waals surface area (Å²) in [7, 11) is 0. The minimum Gasteiger partial charge on any atom is -0.377 e. The average Bonchev–Trinajstić information content (AvgIpc) is 3.06. The van der Waals surface area contributed by atoms with Gasteiger partial charge in [0.1, 0.15) is 11.5 Å². The van der Waals surface area contributed by atoms with Crippen LogP contribution in [0.15, 0.2) is 6.20 Å². The number of carbonyl (C=O) groups excluding carboxylic acids is 1. The molecule has 0 radical (unpaired) electrons. The zero-order valence-electron chi connectivity index (χ0n) is 11.7. The zero-order chi connectivity index (χ0) is 14.2. The zero-order valence-corrected chi connectivity index (χ0v) is 13.9. The Bertz CT molecular complexity index is 494. The third kappa shape index (κ3) is 2.72. The monoisotopic (exact) mass is 389 g/mol. The topological polar surface area (TPSA) is 58.2 Å². The number of likely N-dealkylation sites (tertiary alicyclic amines) is 1. The highest BCUT2D eigenvalue weighted by atomic mass is 127. The second-order valence-electron chi connectivity index (χ2n) is 5.97. The highest BCUT2D eigenvalue weighted by Crippen LogP contribution is 2.42. The first-order valence-corrected chi connectivity index (χ1v) is 8.63. The van der Waals surface area contributed by atoms with E-state index < -0.39 is 0 Å². The van der Waals surface area contributed by atoms with Gasteiger partial charge >= 0.3 is 0 Å². The first-order chi connectivity index (χ1) is 9.62. The molecule has 1 spiro atoms. The molecule has 3 rings (SSSR count). The van der Waals surface area contributed by atoms with Crippen molar-refractivity contribution in [3.63, 3.8) is 0 Å². The lowest BCUT2D eigenvalue weighted by Gasteiger charge is -2.38. The Kier molecular flexibility index (Phi) is 4.03. The number of nitrogens with zero attached hydrogens (tertiary/aromatic N) is 2. The molecule has 110 valence electrons. The number of piperidine rings is 1. The van der Waals surface area contributed by atoms with Gasteiger partial charge in [0, 0.05) is 17.5 Å². The smallest absolute Gasteiger partial charge is 0.271 e. The SMILES string of the molecule is Cc1ncc(C(=O)N2CCC3(CC2)COC(CI)C3)[nH]1. The lowest BCUT2D eigenvalue weighted by Crippen LogP contribution is -2.43. The molecule has 0 aliphatic carbocycles. The number of carbonyl (C=O) groups is 1. The minimum absolute atomic E-state index is 0.0739. The molecule has 0 bridgehead atoms. The third-order valence-corrected chi connectivity index (χ3v) is 5.48. The molecular formula is C14H20IN3O2. The summed E-state index contributed by atoms with van der Waals surface area (Å²) in [4.78, 5) is 21.4. The van der Waals surface area contributed by atoms with Crippen LogP contribution in [0.4, 0.5) is 0 Å². The van der Waals surface area contributed by atoms with Crippen molar-refractivity contribution >= 4 is 28.5 Å². The van der Waals surface area contributed by atoms with Crippen LogP contribution in [0.25, 0.3) is 0 Å². The van der Waals surface area contributed by atoms with Gasteiger partial charge < -0.3 is 14.6 Å². The van der Waals surface area contributed by atoms with Crippen molar-refractivity contribution in [3.8, 4) is 0 Å². The van der Waals surface area contributed by atoms with Crippen LogP contribution in [0.5, 0.6) is 0 Å². The Morgan fingerprint density at radius 2 is 2.35 bits per heavy atom. The Labute approximate surface area is 132 Å². The molecule has 0 aromatic carbocycles. The Balaban J connectivity index is 1.60. The molecule has 6 heteroatoms. The van der Waals surface area contributed by atoms with Crippen molar-refractivity contribution in [2.45, 2.75) is 32.3 Å². The van der Waals surface area contributed by atoms with E-state index in [1.165, 1.54) is 0 Å². The maximum atomic E-state index is 12.4. The van der Waals surface area contributed by atoms with Crippen molar-refractivity contribution in [1.82, 2.24) is 14.9 Å². The summed E-state index contributed by atoms with van der Waals surface area (Å²) in [5.41, 5.74) is 0.919. The van der Waals surface area contributed by atoms with Crippen LogP contribution >= 0.6 is 22.6 Å².